The maximum Gasteiger partial charge on any atom is 0.185 e. The Morgan fingerprint density at radius 2 is 2.16 bits per heavy atom. The Hall–Kier alpha value is -0.610. The lowest BCUT2D eigenvalue weighted by atomic mass is 9.93. The van der Waals surface area contributed by atoms with Gasteiger partial charge in [0.05, 0.1) is 5.69 Å². The van der Waals surface area contributed by atoms with E-state index in [2.05, 4.69) is 44.8 Å². The SMILES string of the molecule is Cc1nc(N2CCC(C)(C)C2)sc1CNCC(C)C. The fourth-order valence-corrected chi connectivity index (χ4v) is 3.52. The van der Waals surface area contributed by atoms with Gasteiger partial charge in [0, 0.05) is 24.5 Å². The molecule has 0 aliphatic carbocycles. The molecule has 1 fully saturated rings. The van der Waals surface area contributed by atoms with Gasteiger partial charge in [0.15, 0.2) is 5.13 Å². The summed E-state index contributed by atoms with van der Waals surface area (Å²) in [5.41, 5.74) is 1.64. The molecule has 19 heavy (non-hydrogen) atoms. The fraction of sp³-hybridized carbons (Fsp3) is 0.800. The van der Waals surface area contributed by atoms with E-state index in [-0.39, 0.29) is 0 Å². The van der Waals surface area contributed by atoms with Gasteiger partial charge in [-0.3, -0.25) is 0 Å². The Morgan fingerprint density at radius 3 is 2.74 bits per heavy atom. The van der Waals surface area contributed by atoms with Crippen LogP contribution in [0.15, 0.2) is 0 Å². The summed E-state index contributed by atoms with van der Waals surface area (Å²) in [6, 6.07) is 0. The summed E-state index contributed by atoms with van der Waals surface area (Å²) in [5.74, 6) is 0.701. The molecule has 1 aliphatic heterocycles. The Labute approximate surface area is 121 Å². The van der Waals surface area contributed by atoms with E-state index < -0.39 is 0 Å². The molecule has 0 spiro atoms. The van der Waals surface area contributed by atoms with Crippen LogP contribution in [0.4, 0.5) is 5.13 Å². The van der Waals surface area contributed by atoms with Crippen molar-refractivity contribution in [3.05, 3.63) is 10.6 Å². The molecule has 1 aromatic rings. The maximum atomic E-state index is 4.76. The van der Waals surface area contributed by atoms with Gasteiger partial charge >= 0.3 is 0 Å². The summed E-state index contributed by atoms with van der Waals surface area (Å²) in [5, 5.41) is 4.73. The van der Waals surface area contributed by atoms with E-state index >= 15 is 0 Å². The molecule has 2 heterocycles. The number of hydrogen-bond donors (Lipinski definition) is 1. The van der Waals surface area contributed by atoms with Crippen LogP contribution in [0.25, 0.3) is 0 Å². The van der Waals surface area contributed by atoms with Crippen LogP contribution < -0.4 is 10.2 Å². The van der Waals surface area contributed by atoms with Gasteiger partial charge in [0.2, 0.25) is 0 Å². The van der Waals surface area contributed by atoms with Crippen LogP contribution in [0.2, 0.25) is 0 Å². The number of nitrogens with one attached hydrogen (secondary N) is 1. The molecule has 1 aliphatic rings. The third kappa shape index (κ3) is 3.93. The molecule has 2 rings (SSSR count). The van der Waals surface area contributed by atoms with Gasteiger partial charge in [-0.2, -0.15) is 0 Å². The van der Waals surface area contributed by atoms with Gasteiger partial charge in [-0.1, -0.05) is 27.7 Å². The van der Waals surface area contributed by atoms with Gasteiger partial charge in [-0.05, 0) is 31.2 Å². The van der Waals surface area contributed by atoms with Crippen LogP contribution in [0.1, 0.15) is 44.7 Å². The smallest absolute Gasteiger partial charge is 0.185 e. The lowest BCUT2D eigenvalue weighted by molar-refractivity contribution is 0.418. The number of aromatic nitrogens is 1. The van der Waals surface area contributed by atoms with Crippen molar-refractivity contribution in [2.75, 3.05) is 24.5 Å². The number of rotatable bonds is 5. The molecule has 0 saturated carbocycles. The van der Waals surface area contributed by atoms with Crippen molar-refractivity contribution in [3.63, 3.8) is 0 Å². The molecular weight excluding hydrogens is 254 g/mol. The van der Waals surface area contributed by atoms with E-state index in [1.54, 1.807) is 0 Å². The highest BCUT2D eigenvalue weighted by molar-refractivity contribution is 7.15. The van der Waals surface area contributed by atoms with Gasteiger partial charge in [-0.15, -0.1) is 11.3 Å². The minimum atomic E-state index is 0.440. The van der Waals surface area contributed by atoms with E-state index in [4.69, 9.17) is 4.98 Å². The molecule has 0 atom stereocenters. The van der Waals surface area contributed by atoms with E-state index in [1.807, 2.05) is 11.3 Å². The Balaban J connectivity index is 1.97. The topological polar surface area (TPSA) is 28.2 Å². The van der Waals surface area contributed by atoms with Crippen molar-refractivity contribution in [1.82, 2.24) is 10.3 Å². The highest BCUT2D eigenvalue weighted by Gasteiger charge is 2.30. The molecular formula is C15H27N3S. The normalized spacial score (nSPS) is 18.5. The Morgan fingerprint density at radius 1 is 1.42 bits per heavy atom. The summed E-state index contributed by atoms with van der Waals surface area (Å²) >= 11 is 1.86. The van der Waals surface area contributed by atoms with Crippen LogP contribution in [0, 0.1) is 18.3 Å². The maximum absolute atomic E-state index is 4.76. The second-order valence-electron chi connectivity index (χ2n) is 6.87. The number of nitrogens with zero attached hydrogens (tertiary/aromatic N) is 2. The van der Waals surface area contributed by atoms with E-state index in [9.17, 15) is 0 Å². The first kappa shape index (κ1) is 14.8. The second kappa shape index (κ2) is 5.80. The number of aryl methyl sites for hydroxylation is 1. The quantitative estimate of drug-likeness (QED) is 0.896. The highest BCUT2D eigenvalue weighted by atomic mass is 32.1. The van der Waals surface area contributed by atoms with Crippen molar-refractivity contribution in [2.24, 2.45) is 11.3 Å². The predicted octanol–water partition coefficient (Wildman–Crippen LogP) is 3.43. The number of anilines is 1. The summed E-state index contributed by atoms with van der Waals surface area (Å²) < 4.78 is 0. The van der Waals surface area contributed by atoms with Crippen LogP contribution >= 0.6 is 11.3 Å². The average Bonchev–Trinajstić information content (AvgIpc) is 2.82. The molecule has 0 amide bonds. The van der Waals surface area contributed by atoms with E-state index in [1.165, 1.54) is 22.1 Å². The summed E-state index contributed by atoms with van der Waals surface area (Å²) in [4.78, 5) is 8.60. The van der Waals surface area contributed by atoms with E-state index in [0.717, 1.165) is 26.2 Å². The largest absolute Gasteiger partial charge is 0.348 e. The van der Waals surface area contributed by atoms with Crippen LogP contribution in [0.3, 0.4) is 0 Å². The van der Waals surface area contributed by atoms with Crippen molar-refractivity contribution < 1.29 is 0 Å². The zero-order valence-corrected chi connectivity index (χ0v) is 13.7. The molecule has 3 nitrogen and oxygen atoms in total. The van der Waals surface area contributed by atoms with Crippen molar-refractivity contribution >= 4 is 16.5 Å². The predicted molar refractivity (Wildman–Crippen MR) is 84.0 cm³/mol. The van der Waals surface area contributed by atoms with Crippen molar-refractivity contribution in [2.45, 2.75) is 47.6 Å². The zero-order chi connectivity index (χ0) is 14.0. The summed E-state index contributed by atoms with van der Waals surface area (Å²) in [6.45, 7) is 15.6. The second-order valence-corrected chi connectivity index (χ2v) is 7.93. The molecule has 4 heteroatoms. The van der Waals surface area contributed by atoms with Crippen molar-refractivity contribution in [1.29, 1.82) is 0 Å². The van der Waals surface area contributed by atoms with Gasteiger partial charge in [0.25, 0.3) is 0 Å². The average molecular weight is 281 g/mol. The molecule has 0 aromatic carbocycles. The lowest BCUT2D eigenvalue weighted by Gasteiger charge is -2.18. The fourth-order valence-electron chi connectivity index (χ4n) is 2.46. The molecule has 0 bridgehead atoms. The molecule has 0 unspecified atom stereocenters. The molecule has 0 radical (unpaired) electrons. The minimum absolute atomic E-state index is 0.440. The first-order valence-electron chi connectivity index (χ1n) is 7.29. The summed E-state index contributed by atoms with van der Waals surface area (Å²) in [7, 11) is 0. The van der Waals surface area contributed by atoms with Crippen molar-refractivity contribution in [3.8, 4) is 0 Å². The van der Waals surface area contributed by atoms with Crippen LogP contribution in [-0.4, -0.2) is 24.6 Å². The lowest BCUT2D eigenvalue weighted by Crippen LogP contribution is -2.22. The zero-order valence-electron chi connectivity index (χ0n) is 12.9. The molecule has 108 valence electrons. The van der Waals surface area contributed by atoms with Gasteiger partial charge in [0.1, 0.15) is 0 Å². The first-order valence-corrected chi connectivity index (χ1v) is 8.11. The van der Waals surface area contributed by atoms with Gasteiger partial charge in [-0.25, -0.2) is 4.98 Å². The standard InChI is InChI=1S/C15H27N3S/c1-11(2)8-16-9-13-12(3)17-14(19-13)18-7-6-15(4,5)10-18/h11,16H,6-10H2,1-5H3. The van der Waals surface area contributed by atoms with Crippen LogP contribution in [-0.2, 0) is 6.54 Å². The monoisotopic (exact) mass is 281 g/mol. The van der Waals surface area contributed by atoms with Gasteiger partial charge < -0.3 is 10.2 Å². The minimum Gasteiger partial charge on any atom is -0.348 e. The Bertz CT molecular complexity index is 423. The number of hydrogen-bond acceptors (Lipinski definition) is 4. The summed E-state index contributed by atoms with van der Waals surface area (Å²) in [6.07, 6.45) is 1.27. The molecule has 1 N–H and O–H groups in total. The molecule has 1 saturated heterocycles. The van der Waals surface area contributed by atoms with Crippen LogP contribution in [0.5, 0.6) is 0 Å². The number of thiazole rings is 1. The third-order valence-electron chi connectivity index (χ3n) is 3.67. The molecule has 1 aromatic heterocycles. The van der Waals surface area contributed by atoms with E-state index in [0.29, 0.717) is 11.3 Å². The third-order valence-corrected chi connectivity index (χ3v) is 4.89. The Kier molecular flexibility index (Phi) is 4.51. The highest BCUT2D eigenvalue weighted by Crippen LogP contribution is 2.35. The first-order chi connectivity index (χ1) is 8.87.